The van der Waals surface area contributed by atoms with Crippen molar-refractivity contribution in [1.29, 1.82) is 0 Å². The Morgan fingerprint density at radius 1 is 1.70 bits per heavy atom. The summed E-state index contributed by atoms with van der Waals surface area (Å²) in [5.41, 5.74) is 0. The zero-order chi connectivity index (χ0) is 7.72. The standard InChI is InChI=1S/C7H14N2O/c1-5(2)7-8-4-6(10)9(7)3/h5,7-8H,4H2,1-3H3. The molecule has 0 aromatic carbocycles. The molecule has 1 aliphatic rings. The topological polar surface area (TPSA) is 32.3 Å². The van der Waals surface area contributed by atoms with E-state index in [1.165, 1.54) is 0 Å². The van der Waals surface area contributed by atoms with Crippen molar-refractivity contribution >= 4 is 5.91 Å². The van der Waals surface area contributed by atoms with Crippen molar-refractivity contribution in [2.75, 3.05) is 13.6 Å². The Bertz CT molecular complexity index is 145. The molecule has 0 aromatic rings. The van der Waals surface area contributed by atoms with Gasteiger partial charge in [-0.05, 0) is 5.92 Å². The minimum Gasteiger partial charge on any atom is -0.329 e. The number of likely N-dealkylation sites (N-methyl/N-ethyl adjacent to an activating group) is 1. The van der Waals surface area contributed by atoms with Crippen LogP contribution in [0.2, 0.25) is 0 Å². The van der Waals surface area contributed by atoms with Crippen LogP contribution in [0.4, 0.5) is 0 Å². The molecule has 1 atom stereocenters. The van der Waals surface area contributed by atoms with E-state index in [0.29, 0.717) is 12.5 Å². The van der Waals surface area contributed by atoms with E-state index in [0.717, 1.165) is 0 Å². The van der Waals surface area contributed by atoms with Gasteiger partial charge in [0.15, 0.2) is 0 Å². The first-order valence-corrected chi connectivity index (χ1v) is 3.62. The van der Waals surface area contributed by atoms with Crippen LogP contribution in [0.15, 0.2) is 0 Å². The second kappa shape index (κ2) is 2.58. The summed E-state index contributed by atoms with van der Waals surface area (Å²) in [5, 5.41) is 3.13. The lowest BCUT2D eigenvalue weighted by Gasteiger charge is -2.22. The Morgan fingerprint density at radius 3 is 2.50 bits per heavy atom. The molecule has 1 unspecified atom stereocenters. The molecule has 0 aromatic heterocycles. The van der Waals surface area contributed by atoms with E-state index in [1.54, 1.807) is 4.90 Å². The van der Waals surface area contributed by atoms with E-state index in [4.69, 9.17) is 0 Å². The molecule has 0 bridgehead atoms. The van der Waals surface area contributed by atoms with Crippen LogP contribution in [-0.2, 0) is 4.79 Å². The molecule has 0 saturated carbocycles. The Hall–Kier alpha value is -0.570. The molecule has 1 N–H and O–H groups in total. The molecule has 0 aliphatic carbocycles. The highest BCUT2D eigenvalue weighted by Crippen LogP contribution is 2.10. The van der Waals surface area contributed by atoms with Gasteiger partial charge in [0.25, 0.3) is 0 Å². The quantitative estimate of drug-likeness (QED) is 0.560. The van der Waals surface area contributed by atoms with Crippen molar-refractivity contribution in [2.24, 2.45) is 5.92 Å². The van der Waals surface area contributed by atoms with Crippen molar-refractivity contribution in [3.63, 3.8) is 0 Å². The molecule has 10 heavy (non-hydrogen) atoms. The first-order valence-electron chi connectivity index (χ1n) is 3.62. The Balaban J connectivity index is 2.57. The fraction of sp³-hybridized carbons (Fsp3) is 0.857. The largest absolute Gasteiger partial charge is 0.329 e. The molecular weight excluding hydrogens is 128 g/mol. The van der Waals surface area contributed by atoms with Crippen LogP contribution in [-0.4, -0.2) is 30.6 Å². The number of amides is 1. The molecular formula is C7H14N2O. The maximum Gasteiger partial charge on any atom is 0.237 e. The number of hydrogen-bond donors (Lipinski definition) is 1. The van der Waals surface area contributed by atoms with E-state index in [1.807, 2.05) is 7.05 Å². The molecule has 1 amide bonds. The summed E-state index contributed by atoms with van der Waals surface area (Å²) < 4.78 is 0. The Morgan fingerprint density at radius 2 is 2.30 bits per heavy atom. The van der Waals surface area contributed by atoms with Gasteiger partial charge in [-0.2, -0.15) is 0 Å². The highest BCUT2D eigenvalue weighted by atomic mass is 16.2. The summed E-state index contributed by atoms with van der Waals surface area (Å²) in [6, 6.07) is 0. The third-order valence-corrected chi connectivity index (χ3v) is 1.90. The smallest absolute Gasteiger partial charge is 0.237 e. The summed E-state index contributed by atoms with van der Waals surface area (Å²) in [4.78, 5) is 12.7. The van der Waals surface area contributed by atoms with Gasteiger partial charge in [-0.3, -0.25) is 10.1 Å². The molecule has 0 radical (unpaired) electrons. The van der Waals surface area contributed by atoms with E-state index in [9.17, 15) is 4.79 Å². The van der Waals surface area contributed by atoms with Crippen LogP contribution < -0.4 is 5.32 Å². The molecule has 1 rings (SSSR count). The van der Waals surface area contributed by atoms with Crippen LogP contribution in [0.1, 0.15) is 13.8 Å². The molecule has 3 nitrogen and oxygen atoms in total. The number of rotatable bonds is 1. The van der Waals surface area contributed by atoms with Crippen LogP contribution in [0.3, 0.4) is 0 Å². The number of nitrogens with zero attached hydrogens (tertiary/aromatic N) is 1. The summed E-state index contributed by atoms with van der Waals surface area (Å²) in [7, 11) is 1.84. The lowest BCUT2D eigenvalue weighted by Crippen LogP contribution is -2.38. The molecule has 1 fully saturated rings. The molecule has 1 heterocycles. The zero-order valence-corrected chi connectivity index (χ0v) is 6.72. The zero-order valence-electron chi connectivity index (χ0n) is 6.72. The third-order valence-electron chi connectivity index (χ3n) is 1.90. The maximum atomic E-state index is 11.0. The fourth-order valence-corrected chi connectivity index (χ4v) is 1.29. The van der Waals surface area contributed by atoms with Crippen LogP contribution in [0, 0.1) is 5.92 Å². The van der Waals surface area contributed by atoms with Gasteiger partial charge in [-0.15, -0.1) is 0 Å². The molecule has 0 spiro atoms. The van der Waals surface area contributed by atoms with Gasteiger partial charge in [0.05, 0.1) is 12.7 Å². The number of carbonyl (C=O) groups excluding carboxylic acids is 1. The molecule has 58 valence electrons. The summed E-state index contributed by atoms with van der Waals surface area (Å²) >= 11 is 0. The van der Waals surface area contributed by atoms with Crippen molar-refractivity contribution in [3.05, 3.63) is 0 Å². The van der Waals surface area contributed by atoms with E-state index in [2.05, 4.69) is 19.2 Å². The predicted octanol–water partition coefficient (Wildman–Crippen LogP) is 0.0301. The van der Waals surface area contributed by atoms with Gasteiger partial charge in [0.2, 0.25) is 5.91 Å². The van der Waals surface area contributed by atoms with Crippen LogP contribution >= 0.6 is 0 Å². The number of nitrogens with one attached hydrogen (secondary N) is 1. The second-order valence-electron chi connectivity index (χ2n) is 3.07. The van der Waals surface area contributed by atoms with Gasteiger partial charge in [0, 0.05) is 7.05 Å². The first-order chi connectivity index (χ1) is 4.63. The molecule has 1 saturated heterocycles. The van der Waals surface area contributed by atoms with Gasteiger partial charge in [-0.25, -0.2) is 0 Å². The second-order valence-corrected chi connectivity index (χ2v) is 3.07. The number of hydrogen-bond acceptors (Lipinski definition) is 2. The lowest BCUT2D eigenvalue weighted by molar-refractivity contribution is -0.127. The van der Waals surface area contributed by atoms with Gasteiger partial charge >= 0.3 is 0 Å². The average molecular weight is 142 g/mol. The van der Waals surface area contributed by atoms with Crippen molar-refractivity contribution in [1.82, 2.24) is 10.2 Å². The van der Waals surface area contributed by atoms with Crippen molar-refractivity contribution < 1.29 is 4.79 Å². The maximum absolute atomic E-state index is 11.0. The van der Waals surface area contributed by atoms with Crippen LogP contribution in [0.5, 0.6) is 0 Å². The van der Waals surface area contributed by atoms with E-state index >= 15 is 0 Å². The van der Waals surface area contributed by atoms with Gasteiger partial charge in [0.1, 0.15) is 0 Å². The van der Waals surface area contributed by atoms with Crippen LogP contribution in [0.25, 0.3) is 0 Å². The van der Waals surface area contributed by atoms with Gasteiger partial charge in [-0.1, -0.05) is 13.8 Å². The lowest BCUT2D eigenvalue weighted by atomic mass is 10.1. The van der Waals surface area contributed by atoms with Crippen molar-refractivity contribution in [2.45, 2.75) is 20.0 Å². The van der Waals surface area contributed by atoms with E-state index < -0.39 is 0 Å². The minimum atomic E-state index is 0.193. The average Bonchev–Trinajstić information content (AvgIpc) is 2.14. The first kappa shape index (κ1) is 7.54. The minimum absolute atomic E-state index is 0.193. The monoisotopic (exact) mass is 142 g/mol. The van der Waals surface area contributed by atoms with Gasteiger partial charge < -0.3 is 4.90 Å². The SMILES string of the molecule is CC(C)C1NCC(=O)N1C. The summed E-state index contributed by atoms with van der Waals surface area (Å²) in [6.07, 6.45) is 0.243. The van der Waals surface area contributed by atoms with E-state index in [-0.39, 0.29) is 12.1 Å². The summed E-state index contributed by atoms with van der Waals surface area (Å²) in [5.74, 6) is 0.690. The predicted molar refractivity (Wildman–Crippen MR) is 39.4 cm³/mol. The fourth-order valence-electron chi connectivity index (χ4n) is 1.29. The number of carbonyl (C=O) groups is 1. The highest BCUT2D eigenvalue weighted by molar-refractivity contribution is 5.80. The third kappa shape index (κ3) is 1.14. The molecule has 3 heteroatoms. The van der Waals surface area contributed by atoms with Crippen molar-refractivity contribution in [3.8, 4) is 0 Å². The summed E-state index contributed by atoms with van der Waals surface area (Å²) in [6.45, 7) is 4.71. The normalized spacial score (nSPS) is 26.6. The highest BCUT2D eigenvalue weighted by Gasteiger charge is 2.28. The Labute approximate surface area is 61.4 Å². The molecule has 1 aliphatic heterocycles. The Kier molecular flexibility index (Phi) is 1.94.